The highest BCUT2D eigenvalue weighted by atomic mass is 35.5. The number of nitrogens with one attached hydrogen (secondary N) is 1. The van der Waals surface area contributed by atoms with Crippen molar-refractivity contribution in [2.45, 2.75) is 13.5 Å². The first-order chi connectivity index (χ1) is 12.0. The van der Waals surface area contributed by atoms with Crippen LogP contribution in [0.4, 0.5) is 0 Å². The van der Waals surface area contributed by atoms with Crippen molar-refractivity contribution >= 4 is 52.4 Å². The van der Waals surface area contributed by atoms with Gasteiger partial charge in [0.15, 0.2) is 0 Å². The Bertz CT molecular complexity index is 760. The molecule has 2 amide bonds. The van der Waals surface area contributed by atoms with Crippen molar-refractivity contribution in [2.24, 2.45) is 0 Å². The zero-order chi connectivity index (χ0) is 18.2. The van der Waals surface area contributed by atoms with E-state index in [0.717, 1.165) is 10.4 Å². The number of amides is 2. The van der Waals surface area contributed by atoms with Crippen molar-refractivity contribution < 1.29 is 9.59 Å². The molecule has 0 aliphatic heterocycles. The van der Waals surface area contributed by atoms with Crippen molar-refractivity contribution in [3.8, 4) is 0 Å². The molecule has 0 unspecified atom stereocenters. The van der Waals surface area contributed by atoms with Crippen molar-refractivity contribution in [1.82, 2.24) is 10.2 Å². The molecule has 0 fully saturated rings. The van der Waals surface area contributed by atoms with Gasteiger partial charge in [0.1, 0.15) is 0 Å². The van der Waals surface area contributed by atoms with Crippen LogP contribution in [0.1, 0.15) is 17.4 Å². The first kappa shape index (κ1) is 19.5. The first-order valence-electron chi connectivity index (χ1n) is 7.70. The van der Waals surface area contributed by atoms with E-state index >= 15 is 0 Å². The average molecular weight is 397 g/mol. The smallest absolute Gasteiger partial charge is 0.247 e. The van der Waals surface area contributed by atoms with Crippen LogP contribution in [0, 0.1) is 0 Å². The van der Waals surface area contributed by atoms with E-state index in [4.69, 9.17) is 23.2 Å². The van der Waals surface area contributed by atoms with E-state index in [1.807, 2.05) is 24.4 Å². The normalized spacial score (nSPS) is 10.8. The van der Waals surface area contributed by atoms with Gasteiger partial charge in [0, 0.05) is 17.5 Å². The number of carbonyl (C=O) groups is 2. The third-order valence-corrected chi connectivity index (χ3v) is 5.05. The van der Waals surface area contributed by atoms with Gasteiger partial charge >= 0.3 is 0 Å². The third-order valence-electron chi connectivity index (χ3n) is 3.43. The van der Waals surface area contributed by atoms with Gasteiger partial charge in [-0.3, -0.25) is 9.59 Å². The maximum absolute atomic E-state index is 12.3. The molecule has 0 aliphatic carbocycles. The Morgan fingerprint density at radius 3 is 2.68 bits per heavy atom. The summed E-state index contributed by atoms with van der Waals surface area (Å²) in [7, 11) is 0. The van der Waals surface area contributed by atoms with E-state index in [9.17, 15) is 9.59 Å². The number of rotatable bonds is 7. The first-order valence-corrected chi connectivity index (χ1v) is 9.34. The van der Waals surface area contributed by atoms with E-state index in [0.29, 0.717) is 23.1 Å². The number of benzene rings is 1. The fourth-order valence-electron chi connectivity index (χ4n) is 2.06. The van der Waals surface area contributed by atoms with Crippen LogP contribution in [0.3, 0.4) is 0 Å². The van der Waals surface area contributed by atoms with Crippen LogP contribution in [0.25, 0.3) is 6.08 Å². The molecule has 1 N–H and O–H groups in total. The lowest BCUT2D eigenvalue weighted by Crippen LogP contribution is -2.39. The zero-order valence-corrected chi connectivity index (χ0v) is 16.0. The van der Waals surface area contributed by atoms with Gasteiger partial charge in [-0.15, -0.1) is 11.3 Å². The van der Waals surface area contributed by atoms with Crippen LogP contribution in [0.5, 0.6) is 0 Å². The topological polar surface area (TPSA) is 49.4 Å². The average Bonchev–Trinajstić information content (AvgIpc) is 3.12. The Balaban J connectivity index is 1.89. The number of hydrogen-bond acceptors (Lipinski definition) is 3. The molecule has 1 aromatic carbocycles. The monoisotopic (exact) mass is 396 g/mol. The van der Waals surface area contributed by atoms with Crippen molar-refractivity contribution in [3.63, 3.8) is 0 Å². The van der Waals surface area contributed by atoms with Crippen LogP contribution in [0.15, 0.2) is 41.8 Å². The second kappa shape index (κ2) is 9.61. The fraction of sp³-hybridized carbons (Fsp3) is 0.222. The quantitative estimate of drug-likeness (QED) is 0.711. The van der Waals surface area contributed by atoms with Crippen molar-refractivity contribution in [3.05, 3.63) is 62.3 Å². The number of hydrogen-bond donors (Lipinski definition) is 1. The maximum atomic E-state index is 12.3. The lowest BCUT2D eigenvalue weighted by Gasteiger charge is -2.18. The van der Waals surface area contributed by atoms with Crippen LogP contribution < -0.4 is 5.32 Å². The standard InChI is InChI=1S/C18H18Cl2N2O2S/c1-2-22(12-17(23)21-11-14-4-3-9-25-14)18(24)8-6-13-5-7-15(19)16(20)10-13/h3-10H,2,11-12H2,1H3,(H,21,23)/b8-6+. The molecular weight excluding hydrogens is 379 g/mol. The summed E-state index contributed by atoms with van der Waals surface area (Å²) < 4.78 is 0. The van der Waals surface area contributed by atoms with Crippen LogP contribution in [-0.4, -0.2) is 29.8 Å². The molecule has 0 saturated carbocycles. The van der Waals surface area contributed by atoms with Crippen LogP contribution in [0.2, 0.25) is 10.0 Å². The van der Waals surface area contributed by atoms with Gasteiger partial charge in [-0.2, -0.15) is 0 Å². The summed E-state index contributed by atoms with van der Waals surface area (Å²) in [6.07, 6.45) is 3.08. The molecule has 0 radical (unpaired) electrons. The minimum Gasteiger partial charge on any atom is -0.350 e. The lowest BCUT2D eigenvalue weighted by molar-refractivity contribution is -0.132. The number of carbonyl (C=O) groups excluding carboxylic acids is 2. The highest BCUT2D eigenvalue weighted by molar-refractivity contribution is 7.09. The van der Waals surface area contributed by atoms with Crippen molar-refractivity contribution in [1.29, 1.82) is 0 Å². The molecule has 2 aromatic rings. The summed E-state index contributed by atoms with van der Waals surface area (Å²) in [5.74, 6) is -0.425. The summed E-state index contributed by atoms with van der Waals surface area (Å²) in [6, 6.07) is 9.00. The summed E-state index contributed by atoms with van der Waals surface area (Å²) >= 11 is 13.4. The molecule has 0 atom stereocenters. The largest absolute Gasteiger partial charge is 0.350 e. The fourth-order valence-corrected chi connectivity index (χ4v) is 3.01. The molecule has 7 heteroatoms. The molecule has 4 nitrogen and oxygen atoms in total. The van der Waals surface area contributed by atoms with Gasteiger partial charge in [0.2, 0.25) is 11.8 Å². The maximum Gasteiger partial charge on any atom is 0.247 e. The highest BCUT2D eigenvalue weighted by Gasteiger charge is 2.13. The van der Waals surface area contributed by atoms with Crippen LogP contribution >= 0.6 is 34.5 Å². The van der Waals surface area contributed by atoms with Crippen molar-refractivity contribution in [2.75, 3.05) is 13.1 Å². The van der Waals surface area contributed by atoms with E-state index in [-0.39, 0.29) is 18.4 Å². The Labute approximate surface area is 161 Å². The van der Waals surface area contributed by atoms with Gasteiger partial charge in [-0.05, 0) is 42.1 Å². The van der Waals surface area contributed by atoms with Crippen LogP contribution in [-0.2, 0) is 16.1 Å². The Kier molecular flexibility index (Phi) is 7.50. The molecule has 0 saturated heterocycles. The minimum absolute atomic E-state index is 0.0203. The summed E-state index contributed by atoms with van der Waals surface area (Å²) in [6.45, 7) is 2.77. The number of halogens is 2. The number of likely N-dealkylation sites (N-methyl/N-ethyl adjacent to an activating group) is 1. The SMILES string of the molecule is CCN(CC(=O)NCc1cccs1)C(=O)/C=C/c1ccc(Cl)c(Cl)c1. The summed E-state index contributed by atoms with van der Waals surface area (Å²) in [5, 5.41) is 5.66. The molecule has 132 valence electrons. The second-order valence-electron chi connectivity index (χ2n) is 5.22. The molecule has 0 bridgehead atoms. The molecule has 2 rings (SSSR count). The Hall–Kier alpha value is -1.82. The van der Waals surface area contributed by atoms with E-state index in [2.05, 4.69) is 5.32 Å². The molecular formula is C18H18Cl2N2O2S. The minimum atomic E-state index is -0.236. The Morgan fingerprint density at radius 2 is 2.04 bits per heavy atom. The number of thiophene rings is 1. The van der Waals surface area contributed by atoms with Gasteiger partial charge in [-0.1, -0.05) is 35.3 Å². The van der Waals surface area contributed by atoms with Gasteiger partial charge in [0.05, 0.1) is 23.1 Å². The zero-order valence-electron chi connectivity index (χ0n) is 13.7. The molecule has 1 heterocycles. The lowest BCUT2D eigenvalue weighted by atomic mass is 10.2. The predicted molar refractivity (Wildman–Crippen MR) is 104 cm³/mol. The Morgan fingerprint density at radius 1 is 1.24 bits per heavy atom. The molecule has 0 aliphatic rings. The summed E-state index contributed by atoms with van der Waals surface area (Å²) in [4.78, 5) is 26.8. The third kappa shape index (κ3) is 6.20. The number of nitrogens with zero attached hydrogens (tertiary/aromatic N) is 1. The van der Waals surface area contributed by atoms with E-state index in [1.165, 1.54) is 11.0 Å². The summed E-state index contributed by atoms with van der Waals surface area (Å²) in [5.41, 5.74) is 0.765. The van der Waals surface area contributed by atoms with E-state index < -0.39 is 0 Å². The molecule has 25 heavy (non-hydrogen) atoms. The van der Waals surface area contributed by atoms with Gasteiger partial charge in [-0.25, -0.2) is 0 Å². The second-order valence-corrected chi connectivity index (χ2v) is 7.06. The predicted octanol–water partition coefficient (Wildman–Crippen LogP) is 4.23. The van der Waals surface area contributed by atoms with E-state index in [1.54, 1.807) is 35.6 Å². The van der Waals surface area contributed by atoms with Gasteiger partial charge < -0.3 is 10.2 Å². The van der Waals surface area contributed by atoms with Gasteiger partial charge in [0.25, 0.3) is 0 Å². The molecule has 0 spiro atoms. The molecule has 1 aromatic heterocycles. The highest BCUT2D eigenvalue weighted by Crippen LogP contribution is 2.23.